The van der Waals surface area contributed by atoms with Crippen molar-refractivity contribution in [3.05, 3.63) is 58.5 Å². The molecule has 5 nitrogen and oxygen atoms in total. The van der Waals surface area contributed by atoms with Crippen LogP contribution in [0.3, 0.4) is 0 Å². The van der Waals surface area contributed by atoms with Gasteiger partial charge in [-0.25, -0.2) is 0 Å². The van der Waals surface area contributed by atoms with Crippen LogP contribution in [0.4, 0.5) is 5.69 Å². The van der Waals surface area contributed by atoms with Crippen molar-refractivity contribution in [2.24, 2.45) is 0 Å². The zero-order valence-corrected chi connectivity index (χ0v) is 13.0. The smallest absolute Gasteiger partial charge is 0.293 e. The first-order valence-corrected chi connectivity index (χ1v) is 7.25. The summed E-state index contributed by atoms with van der Waals surface area (Å²) in [6, 6.07) is 10.2. The van der Waals surface area contributed by atoms with Gasteiger partial charge in [-0.3, -0.25) is 9.59 Å². The first-order chi connectivity index (χ1) is 10.5. The van der Waals surface area contributed by atoms with Crippen LogP contribution in [0.5, 0.6) is 5.75 Å². The molecule has 0 aliphatic carbocycles. The predicted molar refractivity (Wildman–Crippen MR) is 86.4 cm³/mol. The van der Waals surface area contributed by atoms with Gasteiger partial charge in [0.25, 0.3) is 5.56 Å². The van der Waals surface area contributed by atoms with Gasteiger partial charge < -0.3 is 14.6 Å². The number of anilines is 1. The third-order valence-electron chi connectivity index (χ3n) is 3.44. The largest absolute Gasteiger partial charge is 0.488 e. The van der Waals surface area contributed by atoms with Crippen molar-refractivity contribution in [1.29, 1.82) is 0 Å². The van der Waals surface area contributed by atoms with Crippen LogP contribution < -0.4 is 15.6 Å². The molecule has 0 radical (unpaired) electrons. The lowest BCUT2D eigenvalue weighted by Crippen LogP contribution is -2.31. The number of carbonyl (C=O) groups is 1. The molecule has 22 heavy (non-hydrogen) atoms. The Labute approximate surface area is 129 Å². The maximum absolute atomic E-state index is 12.4. The molecule has 0 bridgehead atoms. The fourth-order valence-corrected chi connectivity index (χ4v) is 2.14. The Kier molecular flexibility index (Phi) is 4.99. The molecule has 1 N–H and O–H groups in total. The van der Waals surface area contributed by atoms with Gasteiger partial charge in [-0.1, -0.05) is 18.2 Å². The van der Waals surface area contributed by atoms with E-state index in [1.807, 2.05) is 38.1 Å². The molecule has 5 heteroatoms. The maximum atomic E-state index is 12.4. The number of nitrogens with one attached hydrogen (secondary N) is 1. The SMILES string of the molecule is CCOc1cccn(C(C)C(=O)Nc2ccccc2C)c1=O. The number of benzene rings is 1. The van der Waals surface area contributed by atoms with Crippen LogP contribution in [0, 0.1) is 6.92 Å². The van der Waals surface area contributed by atoms with E-state index in [4.69, 9.17) is 4.74 Å². The minimum absolute atomic E-state index is 0.245. The summed E-state index contributed by atoms with van der Waals surface area (Å²) >= 11 is 0. The van der Waals surface area contributed by atoms with Gasteiger partial charge in [0.05, 0.1) is 6.61 Å². The fraction of sp³-hybridized carbons (Fsp3) is 0.294. The Hall–Kier alpha value is -2.56. The summed E-state index contributed by atoms with van der Waals surface area (Å²) in [6.45, 7) is 5.82. The predicted octanol–water partition coefficient (Wildman–Crippen LogP) is 2.76. The van der Waals surface area contributed by atoms with Crippen molar-refractivity contribution in [3.63, 3.8) is 0 Å². The van der Waals surface area contributed by atoms with E-state index in [9.17, 15) is 9.59 Å². The van der Waals surface area contributed by atoms with E-state index in [0.717, 1.165) is 11.3 Å². The van der Waals surface area contributed by atoms with Crippen molar-refractivity contribution in [1.82, 2.24) is 4.57 Å². The number of hydrogen-bond donors (Lipinski definition) is 1. The standard InChI is InChI=1S/C17H20N2O3/c1-4-22-15-10-7-11-19(17(15)21)13(3)16(20)18-14-9-6-5-8-12(14)2/h5-11,13H,4H2,1-3H3,(H,18,20). The molecule has 2 aromatic rings. The zero-order valence-electron chi connectivity index (χ0n) is 13.0. The highest BCUT2D eigenvalue weighted by Crippen LogP contribution is 2.16. The number of rotatable bonds is 5. The summed E-state index contributed by atoms with van der Waals surface area (Å²) in [5.74, 6) is 0.00518. The molecule has 1 unspecified atom stereocenters. The second-order valence-electron chi connectivity index (χ2n) is 5.00. The van der Waals surface area contributed by atoms with E-state index < -0.39 is 6.04 Å². The lowest BCUT2D eigenvalue weighted by atomic mass is 10.2. The Morgan fingerprint density at radius 2 is 2.00 bits per heavy atom. The average Bonchev–Trinajstić information content (AvgIpc) is 2.51. The highest BCUT2D eigenvalue weighted by atomic mass is 16.5. The summed E-state index contributed by atoms with van der Waals surface area (Å²) < 4.78 is 6.65. The van der Waals surface area contributed by atoms with E-state index >= 15 is 0 Å². The van der Waals surface area contributed by atoms with Gasteiger partial charge in [0.1, 0.15) is 6.04 Å². The molecule has 1 aromatic heterocycles. The Bertz CT molecular complexity index is 722. The third kappa shape index (κ3) is 3.36. The quantitative estimate of drug-likeness (QED) is 0.923. The van der Waals surface area contributed by atoms with Crippen LogP contribution in [0.1, 0.15) is 25.5 Å². The Morgan fingerprint density at radius 3 is 2.68 bits per heavy atom. The van der Waals surface area contributed by atoms with Crippen LogP contribution in [0.2, 0.25) is 0 Å². The summed E-state index contributed by atoms with van der Waals surface area (Å²) in [7, 11) is 0. The molecule has 116 valence electrons. The molecular weight excluding hydrogens is 280 g/mol. The molecule has 2 rings (SSSR count). The van der Waals surface area contributed by atoms with E-state index in [0.29, 0.717) is 6.61 Å². The van der Waals surface area contributed by atoms with Crippen molar-refractivity contribution in [3.8, 4) is 5.75 Å². The van der Waals surface area contributed by atoms with Crippen LogP contribution >= 0.6 is 0 Å². The number of para-hydroxylation sites is 1. The van der Waals surface area contributed by atoms with E-state index in [1.165, 1.54) is 4.57 Å². The van der Waals surface area contributed by atoms with Gasteiger partial charge >= 0.3 is 0 Å². The zero-order chi connectivity index (χ0) is 16.1. The van der Waals surface area contributed by atoms with Gasteiger partial charge in [0.15, 0.2) is 5.75 Å². The molecule has 0 spiro atoms. The van der Waals surface area contributed by atoms with Gasteiger partial charge in [-0.05, 0) is 44.5 Å². The van der Waals surface area contributed by atoms with Gasteiger partial charge in [0, 0.05) is 11.9 Å². The number of carbonyl (C=O) groups excluding carboxylic acids is 1. The van der Waals surface area contributed by atoms with Crippen LogP contribution in [0.15, 0.2) is 47.4 Å². The monoisotopic (exact) mass is 300 g/mol. The van der Waals surface area contributed by atoms with Crippen LogP contribution in [-0.4, -0.2) is 17.1 Å². The van der Waals surface area contributed by atoms with E-state index in [-0.39, 0.29) is 17.2 Å². The van der Waals surface area contributed by atoms with Gasteiger partial charge in [0.2, 0.25) is 5.91 Å². The Morgan fingerprint density at radius 1 is 1.27 bits per heavy atom. The number of pyridine rings is 1. The molecule has 1 atom stereocenters. The fourth-order valence-electron chi connectivity index (χ4n) is 2.14. The number of amides is 1. The van der Waals surface area contributed by atoms with Crippen molar-refractivity contribution in [2.45, 2.75) is 26.8 Å². The number of ether oxygens (including phenoxy) is 1. The number of aryl methyl sites for hydroxylation is 1. The van der Waals surface area contributed by atoms with Gasteiger partial charge in [-0.2, -0.15) is 0 Å². The molecule has 1 aromatic carbocycles. The van der Waals surface area contributed by atoms with E-state index in [2.05, 4.69) is 5.32 Å². The normalized spacial score (nSPS) is 11.8. The molecule has 0 aliphatic rings. The van der Waals surface area contributed by atoms with Crippen LogP contribution in [-0.2, 0) is 4.79 Å². The second kappa shape index (κ2) is 6.93. The molecule has 1 heterocycles. The topological polar surface area (TPSA) is 60.3 Å². The number of hydrogen-bond acceptors (Lipinski definition) is 3. The minimum Gasteiger partial charge on any atom is -0.488 e. The summed E-state index contributed by atoms with van der Waals surface area (Å²) in [6.07, 6.45) is 1.59. The highest BCUT2D eigenvalue weighted by molar-refractivity contribution is 5.94. The first-order valence-electron chi connectivity index (χ1n) is 7.25. The molecular formula is C17H20N2O3. The summed E-state index contributed by atoms with van der Waals surface area (Å²) in [5.41, 5.74) is 1.41. The van der Waals surface area contributed by atoms with Gasteiger partial charge in [-0.15, -0.1) is 0 Å². The lowest BCUT2D eigenvalue weighted by Gasteiger charge is -2.17. The second-order valence-corrected chi connectivity index (χ2v) is 5.00. The Balaban J connectivity index is 2.23. The lowest BCUT2D eigenvalue weighted by molar-refractivity contribution is -0.118. The molecule has 0 saturated heterocycles. The molecule has 0 saturated carbocycles. The highest BCUT2D eigenvalue weighted by Gasteiger charge is 2.18. The minimum atomic E-state index is -0.632. The molecule has 1 amide bonds. The van der Waals surface area contributed by atoms with Crippen molar-refractivity contribution >= 4 is 11.6 Å². The average molecular weight is 300 g/mol. The maximum Gasteiger partial charge on any atom is 0.293 e. The summed E-state index contributed by atoms with van der Waals surface area (Å²) in [4.78, 5) is 24.7. The van der Waals surface area contributed by atoms with E-state index in [1.54, 1.807) is 25.3 Å². The molecule has 0 aliphatic heterocycles. The first kappa shape index (κ1) is 15.8. The number of aromatic nitrogens is 1. The van der Waals surface area contributed by atoms with Crippen molar-refractivity contribution < 1.29 is 9.53 Å². The van der Waals surface area contributed by atoms with Crippen LogP contribution in [0.25, 0.3) is 0 Å². The third-order valence-corrected chi connectivity index (χ3v) is 3.44. The number of nitrogens with zero attached hydrogens (tertiary/aromatic N) is 1. The van der Waals surface area contributed by atoms with Crippen molar-refractivity contribution in [2.75, 3.05) is 11.9 Å². The molecule has 0 fully saturated rings. The summed E-state index contributed by atoms with van der Waals surface area (Å²) in [5, 5.41) is 2.85.